The highest BCUT2D eigenvalue weighted by Crippen LogP contribution is 2.19. The van der Waals surface area contributed by atoms with Crippen LogP contribution in [0.25, 0.3) is 0 Å². The average Bonchev–Trinajstić information content (AvgIpc) is 2.62. The largest absolute Gasteiger partial charge is 0.362 e. The summed E-state index contributed by atoms with van der Waals surface area (Å²) < 4.78 is 0. The van der Waals surface area contributed by atoms with Gasteiger partial charge in [-0.15, -0.1) is 0 Å². The summed E-state index contributed by atoms with van der Waals surface area (Å²) >= 11 is 5.45. The zero-order chi connectivity index (χ0) is 17.6. The summed E-state index contributed by atoms with van der Waals surface area (Å²) in [6, 6.07) is 15.1. The lowest BCUT2D eigenvalue weighted by molar-refractivity contribution is -0.916. The summed E-state index contributed by atoms with van der Waals surface area (Å²) in [6.45, 7) is 8.71. The van der Waals surface area contributed by atoms with Crippen LogP contribution in [0.15, 0.2) is 42.5 Å². The number of fused-ring (bicyclic) bond motifs is 1. The highest BCUT2D eigenvalue weighted by Gasteiger charge is 2.18. The molecule has 3 N–H and O–H groups in total. The molecule has 1 unspecified atom stereocenters. The van der Waals surface area contributed by atoms with E-state index in [2.05, 4.69) is 66.9 Å². The topological polar surface area (TPSA) is 28.5 Å². The fourth-order valence-corrected chi connectivity index (χ4v) is 3.77. The van der Waals surface area contributed by atoms with E-state index in [1.54, 1.807) is 4.90 Å². The van der Waals surface area contributed by atoms with Crippen molar-refractivity contribution in [2.24, 2.45) is 0 Å². The van der Waals surface area contributed by atoms with Gasteiger partial charge in [-0.2, -0.15) is 0 Å². The first kappa shape index (κ1) is 17.9. The quantitative estimate of drug-likeness (QED) is 0.569. The van der Waals surface area contributed by atoms with Crippen LogP contribution in [0, 0.1) is 13.8 Å². The third-order valence-corrected chi connectivity index (χ3v) is 5.27. The first-order valence-corrected chi connectivity index (χ1v) is 9.56. The summed E-state index contributed by atoms with van der Waals surface area (Å²) in [4.78, 5) is 1.68. The maximum absolute atomic E-state index is 5.45. The van der Waals surface area contributed by atoms with Crippen molar-refractivity contribution >= 4 is 23.0 Å². The maximum atomic E-state index is 5.45. The summed E-state index contributed by atoms with van der Waals surface area (Å²) in [7, 11) is 0. The van der Waals surface area contributed by atoms with Crippen molar-refractivity contribution in [3.63, 3.8) is 0 Å². The molecule has 0 bridgehead atoms. The Morgan fingerprint density at radius 2 is 1.76 bits per heavy atom. The van der Waals surface area contributed by atoms with Gasteiger partial charge in [0, 0.05) is 30.6 Å². The number of thiocarbonyl (C=S) groups is 1. The van der Waals surface area contributed by atoms with Crippen molar-refractivity contribution in [2.45, 2.75) is 33.2 Å². The summed E-state index contributed by atoms with van der Waals surface area (Å²) in [5.74, 6) is 0. The average molecular weight is 355 g/mol. The molecular formula is C21H28N3S+. The van der Waals surface area contributed by atoms with Crippen molar-refractivity contribution in [1.29, 1.82) is 0 Å². The summed E-state index contributed by atoms with van der Waals surface area (Å²) in [5.41, 5.74) is 6.62. The monoisotopic (exact) mass is 354 g/mol. The first-order chi connectivity index (χ1) is 12.1. The molecule has 0 fully saturated rings. The van der Waals surface area contributed by atoms with Crippen LogP contribution in [-0.4, -0.2) is 24.7 Å². The van der Waals surface area contributed by atoms with Crippen LogP contribution in [0.2, 0.25) is 0 Å². The smallest absolute Gasteiger partial charge is 0.170 e. The van der Waals surface area contributed by atoms with Crippen molar-refractivity contribution < 1.29 is 4.90 Å². The van der Waals surface area contributed by atoms with Crippen molar-refractivity contribution in [2.75, 3.05) is 25.0 Å². The Labute approximate surface area is 156 Å². The Kier molecular flexibility index (Phi) is 6.05. The van der Waals surface area contributed by atoms with E-state index in [1.165, 1.54) is 41.8 Å². The minimum Gasteiger partial charge on any atom is -0.362 e. The Morgan fingerprint density at radius 3 is 2.52 bits per heavy atom. The molecule has 4 heteroatoms. The molecule has 3 rings (SSSR count). The highest BCUT2D eigenvalue weighted by atomic mass is 32.1. The van der Waals surface area contributed by atoms with Crippen LogP contribution in [0.3, 0.4) is 0 Å². The van der Waals surface area contributed by atoms with Crippen LogP contribution in [0.5, 0.6) is 0 Å². The maximum Gasteiger partial charge on any atom is 0.170 e. The summed E-state index contributed by atoms with van der Waals surface area (Å²) in [6.07, 6.45) is 2.33. The standard InChI is InChI=1S/C21H27N3S/c1-16-7-5-8-17(2)20(16)23-21(25)22-12-6-13-24-14-11-18-9-3-4-10-19(18)15-24/h3-5,7-10H,6,11-15H2,1-2H3,(H2,22,23,25)/p+1. The number of nitrogens with one attached hydrogen (secondary N) is 3. The second kappa shape index (κ2) is 8.45. The minimum atomic E-state index is 0.719. The summed E-state index contributed by atoms with van der Waals surface area (Å²) in [5, 5.41) is 7.41. The van der Waals surface area contributed by atoms with Gasteiger partial charge in [-0.3, -0.25) is 0 Å². The highest BCUT2D eigenvalue weighted by molar-refractivity contribution is 7.80. The lowest BCUT2D eigenvalue weighted by atomic mass is 10.00. The van der Waals surface area contributed by atoms with Crippen LogP contribution >= 0.6 is 12.2 Å². The number of para-hydroxylation sites is 1. The Morgan fingerprint density at radius 1 is 1.04 bits per heavy atom. The molecule has 0 saturated carbocycles. The number of anilines is 1. The lowest BCUT2D eigenvalue weighted by Gasteiger charge is -2.26. The van der Waals surface area contributed by atoms with Gasteiger partial charge in [0.05, 0.1) is 13.1 Å². The van der Waals surface area contributed by atoms with E-state index < -0.39 is 0 Å². The Hall–Kier alpha value is -1.91. The fraction of sp³-hybridized carbons (Fsp3) is 0.381. The molecule has 132 valence electrons. The van der Waals surface area contributed by atoms with Gasteiger partial charge in [-0.25, -0.2) is 0 Å². The number of benzene rings is 2. The predicted molar refractivity (Wildman–Crippen MR) is 109 cm³/mol. The molecule has 25 heavy (non-hydrogen) atoms. The second-order valence-electron chi connectivity index (χ2n) is 6.95. The molecule has 0 saturated heterocycles. The van der Waals surface area contributed by atoms with E-state index >= 15 is 0 Å². The van der Waals surface area contributed by atoms with Crippen molar-refractivity contribution in [3.05, 3.63) is 64.7 Å². The third kappa shape index (κ3) is 4.80. The molecule has 2 aromatic carbocycles. The van der Waals surface area contributed by atoms with E-state index in [9.17, 15) is 0 Å². The van der Waals surface area contributed by atoms with Crippen LogP contribution in [-0.2, 0) is 13.0 Å². The van der Waals surface area contributed by atoms with E-state index in [0.717, 1.165) is 30.3 Å². The van der Waals surface area contributed by atoms with E-state index in [0.29, 0.717) is 0 Å². The molecule has 1 aliphatic heterocycles. The van der Waals surface area contributed by atoms with Crippen molar-refractivity contribution in [3.8, 4) is 0 Å². The third-order valence-electron chi connectivity index (χ3n) is 5.02. The van der Waals surface area contributed by atoms with Crippen molar-refractivity contribution in [1.82, 2.24) is 5.32 Å². The number of hydrogen-bond donors (Lipinski definition) is 3. The van der Waals surface area contributed by atoms with Crippen LogP contribution < -0.4 is 15.5 Å². The van der Waals surface area contributed by atoms with E-state index in [1.807, 2.05) is 0 Å². The number of hydrogen-bond acceptors (Lipinski definition) is 1. The minimum absolute atomic E-state index is 0.719. The zero-order valence-corrected chi connectivity index (χ0v) is 16.0. The van der Waals surface area contributed by atoms with Gasteiger partial charge in [0.25, 0.3) is 0 Å². The fourth-order valence-electron chi connectivity index (χ4n) is 3.57. The molecular weight excluding hydrogens is 326 g/mol. The molecule has 1 atom stereocenters. The van der Waals surface area contributed by atoms with E-state index in [4.69, 9.17) is 12.2 Å². The van der Waals surface area contributed by atoms with Gasteiger partial charge < -0.3 is 15.5 Å². The number of quaternary nitrogens is 1. The molecule has 3 nitrogen and oxygen atoms in total. The number of rotatable bonds is 5. The van der Waals surface area contributed by atoms with Crippen LogP contribution in [0.4, 0.5) is 5.69 Å². The SMILES string of the molecule is Cc1cccc(C)c1NC(=S)NCCC[NH+]1CCc2ccccc2C1. The van der Waals surface area contributed by atoms with Gasteiger partial charge in [0.1, 0.15) is 6.54 Å². The second-order valence-corrected chi connectivity index (χ2v) is 7.35. The Balaban J connectivity index is 1.40. The molecule has 0 radical (unpaired) electrons. The van der Waals surface area contributed by atoms with Crippen LogP contribution in [0.1, 0.15) is 28.7 Å². The van der Waals surface area contributed by atoms with E-state index in [-0.39, 0.29) is 0 Å². The molecule has 1 aliphatic rings. The van der Waals surface area contributed by atoms with Gasteiger partial charge in [0.2, 0.25) is 0 Å². The van der Waals surface area contributed by atoms with Gasteiger partial charge >= 0.3 is 0 Å². The molecule has 0 amide bonds. The van der Waals surface area contributed by atoms with Gasteiger partial charge in [-0.05, 0) is 42.8 Å². The normalized spacial score (nSPS) is 16.2. The Bertz CT molecular complexity index is 721. The van der Waals surface area contributed by atoms with Gasteiger partial charge in [-0.1, -0.05) is 42.5 Å². The first-order valence-electron chi connectivity index (χ1n) is 9.15. The molecule has 0 aliphatic carbocycles. The molecule has 0 spiro atoms. The van der Waals surface area contributed by atoms with Gasteiger partial charge in [0.15, 0.2) is 5.11 Å². The lowest BCUT2D eigenvalue weighted by Crippen LogP contribution is -3.11. The predicted octanol–water partition coefficient (Wildman–Crippen LogP) is 2.62. The molecule has 0 aromatic heterocycles. The molecule has 2 aromatic rings. The number of aryl methyl sites for hydroxylation is 2. The molecule has 1 heterocycles. The zero-order valence-electron chi connectivity index (χ0n) is 15.2.